The zero-order valence-corrected chi connectivity index (χ0v) is 37.0. The highest BCUT2D eigenvalue weighted by Crippen LogP contribution is 2.54. The number of hydrogen-bond donors (Lipinski definition) is 2. The first-order valence-corrected chi connectivity index (χ1v) is 22.9. The normalized spacial score (nSPS) is 25.2. The van der Waals surface area contributed by atoms with Crippen LogP contribution in [0.2, 0.25) is 0 Å². The largest absolute Gasteiger partial charge is 0.503 e. The van der Waals surface area contributed by atoms with Crippen molar-refractivity contribution < 1.29 is 42.5 Å². The van der Waals surface area contributed by atoms with Crippen molar-refractivity contribution in [3.8, 4) is 11.5 Å². The quantitative estimate of drug-likeness (QED) is 0.186. The molecule has 4 amide bonds. The van der Waals surface area contributed by atoms with Gasteiger partial charge in [0.2, 0.25) is 11.8 Å². The number of para-hydroxylation sites is 1. The smallest absolute Gasteiger partial charge is 0.262 e. The van der Waals surface area contributed by atoms with Gasteiger partial charge < -0.3 is 39.1 Å². The van der Waals surface area contributed by atoms with Gasteiger partial charge >= 0.3 is 0 Å². The Morgan fingerprint density at radius 3 is 2.05 bits per heavy atom. The number of ether oxygens (including phenoxy) is 2. The molecule has 3 aromatic carbocycles. The van der Waals surface area contributed by atoms with Crippen molar-refractivity contribution in [2.45, 2.75) is 76.1 Å². The number of hydrogen-bond acceptors (Lipinski definition) is 11. The maximum atomic E-state index is 16.2. The molecule has 3 aromatic rings. The average Bonchev–Trinajstić information content (AvgIpc) is 3.63. The van der Waals surface area contributed by atoms with Crippen LogP contribution in [0, 0.1) is 23.5 Å². The number of carbonyl (C=O) groups excluding carboxylic acids is 4. The second-order valence-corrected chi connectivity index (χ2v) is 18.4. The summed E-state index contributed by atoms with van der Waals surface area (Å²) in [5.74, 6) is -1.71. The molecule has 0 spiro atoms. The number of carbonyl (C=O) groups is 4. The molecule has 0 radical (unpaired) electrons. The van der Waals surface area contributed by atoms with E-state index < -0.39 is 41.0 Å². The SMILES string of the molecule is CC[C@]1(OC)C(=O)N(c2cccc(F)c2O)[C@H]1c1cc(F)c(N2CCC(CN3CCN(CC4CCN(c5ccc6c(c5)CN([C@H]5CCC(=O)NC5=O)C6=O)CC4)CC3)CC2)cc1OC. The molecule has 2 N–H and O–H groups in total. The number of phenolic OH excluding ortho intramolecular Hbond substituents is 1. The molecule has 64 heavy (non-hydrogen) atoms. The summed E-state index contributed by atoms with van der Waals surface area (Å²) in [6, 6.07) is 11.6. The number of phenols is 1. The van der Waals surface area contributed by atoms with E-state index in [-0.39, 0.29) is 36.3 Å². The highest BCUT2D eigenvalue weighted by atomic mass is 19.1. The van der Waals surface area contributed by atoms with Crippen LogP contribution in [0.1, 0.15) is 79.4 Å². The Bertz CT molecular complexity index is 2290. The minimum atomic E-state index is -1.34. The standard InChI is InChI=1S/C48H59F2N7O7/c1-4-48(64-3)44(57(47(48)62)38-7-5-6-36(49)43(38)59)35-25-37(50)40(26-41(35)63-2)55-18-14-31(15-19-55)28-53-22-20-52(21-23-53)27-30-12-16-54(17-13-30)33-8-9-34-32(24-33)29-56(46(34)61)39-10-11-42(58)51-45(39)60/h5-9,24-26,30-31,39,44,59H,4,10-23,27-29H2,1-3H3,(H,51,58,60)/t39-,44-,48+/m0/s1. The molecule has 6 aliphatic rings. The van der Waals surface area contributed by atoms with Gasteiger partial charge in [0.05, 0.1) is 18.5 Å². The number of amides is 4. The van der Waals surface area contributed by atoms with Crippen molar-refractivity contribution in [2.24, 2.45) is 11.8 Å². The monoisotopic (exact) mass is 883 g/mol. The Balaban J connectivity index is 0.738. The predicted molar refractivity (Wildman–Crippen MR) is 237 cm³/mol. The first kappa shape index (κ1) is 43.9. The molecule has 0 bridgehead atoms. The number of nitrogens with one attached hydrogen (secondary N) is 1. The maximum Gasteiger partial charge on any atom is 0.262 e. The van der Waals surface area contributed by atoms with Crippen LogP contribution in [0.25, 0.3) is 0 Å². The number of rotatable bonds is 12. The third kappa shape index (κ3) is 7.95. The summed E-state index contributed by atoms with van der Waals surface area (Å²) < 4.78 is 42.3. The van der Waals surface area contributed by atoms with Crippen molar-refractivity contribution in [1.82, 2.24) is 20.0 Å². The van der Waals surface area contributed by atoms with Gasteiger partial charge in [0.1, 0.15) is 23.7 Å². The lowest BCUT2D eigenvalue weighted by molar-refractivity contribution is -0.160. The molecule has 5 saturated heterocycles. The maximum absolute atomic E-state index is 16.2. The number of imide groups is 1. The number of β-lactam (4-membered cyclic amide) rings is 1. The summed E-state index contributed by atoms with van der Waals surface area (Å²) in [6.45, 7) is 11.8. The molecular formula is C48H59F2N7O7. The van der Waals surface area contributed by atoms with E-state index in [4.69, 9.17) is 9.47 Å². The molecule has 5 fully saturated rings. The second-order valence-electron chi connectivity index (χ2n) is 18.4. The lowest BCUT2D eigenvalue weighted by atomic mass is 9.75. The number of piperazine rings is 1. The summed E-state index contributed by atoms with van der Waals surface area (Å²) in [7, 11) is 2.93. The molecule has 0 saturated carbocycles. The number of methoxy groups -OCH3 is 2. The van der Waals surface area contributed by atoms with Gasteiger partial charge in [-0.15, -0.1) is 0 Å². The molecule has 6 heterocycles. The minimum Gasteiger partial charge on any atom is -0.503 e. The lowest BCUT2D eigenvalue weighted by Gasteiger charge is -2.55. The average molecular weight is 884 g/mol. The van der Waals surface area contributed by atoms with Crippen molar-refractivity contribution in [1.29, 1.82) is 0 Å². The van der Waals surface area contributed by atoms with Gasteiger partial charge in [-0.05, 0) is 92.3 Å². The van der Waals surface area contributed by atoms with Crippen LogP contribution < -0.4 is 24.8 Å². The van der Waals surface area contributed by atoms with Crippen molar-refractivity contribution in [3.63, 3.8) is 0 Å². The van der Waals surface area contributed by atoms with Crippen LogP contribution in [0.5, 0.6) is 11.5 Å². The molecule has 16 heteroatoms. The Labute approximate surface area is 373 Å². The van der Waals surface area contributed by atoms with E-state index in [9.17, 15) is 28.7 Å². The van der Waals surface area contributed by atoms with Crippen molar-refractivity contribution in [2.75, 3.05) is 94.4 Å². The highest BCUT2D eigenvalue weighted by Gasteiger charge is 2.63. The van der Waals surface area contributed by atoms with Crippen LogP contribution in [0.15, 0.2) is 48.5 Å². The third-order valence-corrected chi connectivity index (χ3v) is 14.9. The van der Waals surface area contributed by atoms with E-state index in [2.05, 4.69) is 31.0 Å². The van der Waals surface area contributed by atoms with Crippen LogP contribution >= 0.6 is 0 Å². The molecule has 3 atom stereocenters. The molecule has 342 valence electrons. The number of halogens is 2. The molecule has 0 aliphatic carbocycles. The van der Waals surface area contributed by atoms with E-state index in [0.717, 1.165) is 95.4 Å². The van der Waals surface area contributed by atoms with Gasteiger partial charge in [-0.3, -0.25) is 29.4 Å². The van der Waals surface area contributed by atoms with Gasteiger partial charge in [-0.2, -0.15) is 0 Å². The fourth-order valence-corrected chi connectivity index (χ4v) is 11.2. The lowest BCUT2D eigenvalue weighted by Crippen LogP contribution is -2.69. The van der Waals surface area contributed by atoms with Crippen LogP contribution in [0.3, 0.4) is 0 Å². The first-order valence-electron chi connectivity index (χ1n) is 22.9. The van der Waals surface area contributed by atoms with Crippen LogP contribution in [0.4, 0.5) is 25.8 Å². The van der Waals surface area contributed by atoms with Crippen LogP contribution in [-0.4, -0.2) is 135 Å². The minimum absolute atomic E-state index is 0.0129. The summed E-state index contributed by atoms with van der Waals surface area (Å²) >= 11 is 0. The van der Waals surface area contributed by atoms with E-state index in [1.807, 2.05) is 12.1 Å². The number of benzene rings is 3. The fourth-order valence-electron chi connectivity index (χ4n) is 11.2. The number of nitrogens with zero attached hydrogens (tertiary/aromatic N) is 6. The summed E-state index contributed by atoms with van der Waals surface area (Å²) in [4.78, 5) is 63.4. The van der Waals surface area contributed by atoms with Gasteiger partial charge in [-0.25, -0.2) is 8.78 Å². The Morgan fingerprint density at radius 2 is 1.44 bits per heavy atom. The highest BCUT2D eigenvalue weighted by molar-refractivity contribution is 6.09. The van der Waals surface area contributed by atoms with Crippen molar-refractivity contribution in [3.05, 3.63) is 76.9 Å². The van der Waals surface area contributed by atoms with Gasteiger partial charge in [0.15, 0.2) is 17.2 Å². The predicted octanol–water partition coefficient (Wildman–Crippen LogP) is 5.07. The molecule has 6 aliphatic heterocycles. The Morgan fingerprint density at radius 1 is 0.781 bits per heavy atom. The topological polar surface area (TPSA) is 138 Å². The number of piperidine rings is 3. The molecule has 14 nitrogen and oxygen atoms in total. The van der Waals surface area contributed by atoms with Crippen LogP contribution in [-0.2, 0) is 25.7 Å². The first-order chi connectivity index (χ1) is 30.9. The van der Waals surface area contributed by atoms with Gasteiger partial charge in [0.25, 0.3) is 11.8 Å². The fraction of sp³-hybridized carbons (Fsp3) is 0.542. The number of aromatic hydroxyl groups is 1. The van der Waals surface area contributed by atoms with E-state index in [1.54, 1.807) is 17.9 Å². The molecule has 0 aromatic heterocycles. The summed E-state index contributed by atoms with van der Waals surface area (Å²) in [5, 5.41) is 13.0. The zero-order valence-electron chi connectivity index (χ0n) is 37.0. The zero-order chi connectivity index (χ0) is 44.9. The summed E-state index contributed by atoms with van der Waals surface area (Å²) in [5.41, 5.74) is 2.16. The molecule has 0 unspecified atom stereocenters. The third-order valence-electron chi connectivity index (χ3n) is 14.9. The second kappa shape index (κ2) is 17.9. The Hall–Kier alpha value is -5.32. The number of fused-ring (bicyclic) bond motifs is 1. The Kier molecular flexibility index (Phi) is 12.3. The van der Waals surface area contributed by atoms with E-state index in [1.165, 1.54) is 37.3 Å². The summed E-state index contributed by atoms with van der Waals surface area (Å²) in [6.07, 6.45) is 4.97. The van der Waals surface area contributed by atoms with E-state index in [0.29, 0.717) is 60.5 Å². The van der Waals surface area contributed by atoms with Gasteiger partial charge in [0, 0.05) is 108 Å². The van der Waals surface area contributed by atoms with Gasteiger partial charge in [-0.1, -0.05) is 13.0 Å². The van der Waals surface area contributed by atoms with E-state index >= 15 is 4.39 Å². The van der Waals surface area contributed by atoms with Crippen molar-refractivity contribution >= 4 is 40.7 Å². The molecule has 9 rings (SSSR count). The number of anilines is 3. The molecular weight excluding hydrogens is 825 g/mol.